The molecule has 5 rings (SSSR count). The smallest absolute Gasteiger partial charge is 0.410 e. The zero-order valence-corrected chi connectivity index (χ0v) is 21.5. The van der Waals surface area contributed by atoms with Crippen LogP contribution in [-0.2, 0) is 4.74 Å². The van der Waals surface area contributed by atoms with Crippen LogP contribution in [0.5, 0.6) is 0 Å². The Labute approximate surface area is 208 Å². The third-order valence-electron chi connectivity index (χ3n) is 5.90. The van der Waals surface area contributed by atoms with Crippen molar-refractivity contribution in [2.45, 2.75) is 59.0 Å². The monoisotopic (exact) mass is 494 g/mol. The lowest BCUT2D eigenvalue weighted by atomic mass is 9.94. The van der Waals surface area contributed by atoms with E-state index in [-0.39, 0.29) is 12.0 Å². The number of hydrogen-bond acceptors (Lipinski definition) is 8. The van der Waals surface area contributed by atoms with Gasteiger partial charge < -0.3 is 19.4 Å². The highest BCUT2D eigenvalue weighted by atomic mass is 32.1. The number of likely N-dealkylation sites (tertiary alicyclic amines) is 1. The zero-order valence-electron chi connectivity index (χ0n) is 20.7. The number of anilines is 2. The number of amides is 1. The molecule has 4 aromatic heterocycles. The summed E-state index contributed by atoms with van der Waals surface area (Å²) in [6.07, 6.45) is 5.09. The summed E-state index contributed by atoms with van der Waals surface area (Å²) in [6.45, 7) is 10.8. The summed E-state index contributed by atoms with van der Waals surface area (Å²) in [4.78, 5) is 19.6. The average Bonchev–Trinajstić information content (AvgIpc) is 3.52. The van der Waals surface area contributed by atoms with Crippen LogP contribution in [-0.4, -0.2) is 48.7 Å². The molecule has 1 atom stereocenters. The summed E-state index contributed by atoms with van der Waals surface area (Å²) in [5.41, 5.74) is 3.91. The van der Waals surface area contributed by atoms with Crippen LogP contribution in [0.15, 0.2) is 35.1 Å². The lowest BCUT2D eigenvalue weighted by Gasteiger charge is -2.34. The van der Waals surface area contributed by atoms with Gasteiger partial charge in [0.2, 0.25) is 0 Å². The molecule has 0 bridgehead atoms. The summed E-state index contributed by atoms with van der Waals surface area (Å²) in [6, 6.07) is 6.02. The molecular weight excluding hydrogens is 464 g/mol. The fraction of sp³-hybridized carbons (Fsp3) is 0.440. The molecule has 1 unspecified atom stereocenters. The number of aryl methyl sites for hydroxylation is 2. The van der Waals surface area contributed by atoms with E-state index < -0.39 is 5.60 Å². The van der Waals surface area contributed by atoms with Gasteiger partial charge in [0.25, 0.3) is 0 Å². The number of piperidine rings is 1. The summed E-state index contributed by atoms with van der Waals surface area (Å²) in [7, 11) is 0. The molecule has 9 nitrogen and oxygen atoms in total. The highest BCUT2D eigenvalue weighted by molar-refractivity contribution is 7.10. The molecule has 35 heavy (non-hydrogen) atoms. The maximum absolute atomic E-state index is 12.8. The molecule has 1 amide bonds. The maximum Gasteiger partial charge on any atom is 0.410 e. The molecule has 1 saturated heterocycles. The average molecular weight is 495 g/mol. The Balaban J connectivity index is 1.53. The Morgan fingerprint density at radius 1 is 1.26 bits per heavy atom. The number of nitrogens with one attached hydrogen (secondary N) is 1. The topological polar surface area (TPSA) is 97.8 Å². The molecule has 0 aromatic carbocycles. The molecule has 0 radical (unpaired) electrons. The number of carbonyl (C=O) groups excluding carboxylic acids is 1. The van der Waals surface area contributed by atoms with E-state index in [2.05, 4.69) is 14.8 Å². The SMILES string of the molecule is Cc1cc(Nc2cc(C3CCCN(C(=O)OC(C)(C)C)C3)nc3c(-c4coc(C)c4)cnn23)sn1. The van der Waals surface area contributed by atoms with Crippen molar-refractivity contribution in [2.24, 2.45) is 0 Å². The molecule has 0 aliphatic carbocycles. The van der Waals surface area contributed by atoms with Crippen molar-refractivity contribution in [3.63, 3.8) is 0 Å². The minimum Gasteiger partial charge on any atom is -0.469 e. The minimum atomic E-state index is -0.527. The van der Waals surface area contributed by atoms with Crippen molar-refractivity contribution in [3.8, 4) is 11.1 Å². The number of rotatable bonds is 4. The van der Waals surface area contributed by atoms with Crippen molar-refractivity contribution < 1.29 is 13.9 Å². The third-order valence-corrected chi connectivity index (χ3v) is 6.70. The quantitative estimate of drug-likeness (QED) is 0.376. The van der Waals surface area contributed by atoms with Crippen molar-refractivity contribution in [1.29, 1.82) is 0 Å². The molecule has 0 saturated carbocycles. The van der Waals surface area contributed by atoms with Crippen LogP contribution in [0.4, 0.5) is 15.6 Å². The Morgan fingerprint density at radius 3 is 2.77 bits per heavy atom. The molecule has 1 aliphatic heterocycles. The van der Waals surface area contributed by atoms with Gasteiger partial charge in [-0.05, 0) is 71.1 Å². The zero-order chi connectivity index (χ0) is 24.7. The number of aromatic nitrogens is 4. The lowest BCUT2D eigenvalue weighted by molar-refractivity contribution is 0.0197. The van der Waals surface area contributed by atoms with Crippen LogP contribution < -0.4 is 5.32 Å². The van der Waals surface area contributed by atoms with E-state index in [0.29, 0.717) is 13.1 Å². The summed E-state index contributed by atoms with van der Waals surface area (Å²) in [5, 5.41) is 9.02. The third kappa shape index (κ3) is 5.02. The maximum atomic E-state index is 12.8. The van der Waals surface area contributed by atoms with Gasteiger partial charge in [-0.1, -0.05) is 0 Å². The first-order chi connectivity index (χ1) is 16.7. The Hall–Kier alpha value is -3.40. The number of ether oxygens (including phenoxy) is 1. The molecule has 4 aromatic rings. The largest absolute Gasteiger partial charge is 0.469 e. The number of furan rings is 1. The first kappa shape index (κ1) is 23.3. The van der Waals surface area contributed by atoms with E-state index >= 15 is 0 Å². The molecule has 1 fully saturated rings. The minimum absolute atomic E-state index is 0.0823. The molecule has 1 aliphatic rings. The fourth-order valence-electron chi connectivity index (χ4n) is 4.33. The van der Waals surface area contributed by atoms with Gasteiger partial charge in [-0.3, -0.25) is 0 Å². The number of nitrogens with zero attached hydrogens (tertiary/aromatic N) is 5. The van der Waals surface area contributed by atoms with Gasteiger partial charge in [-0.2, -0.15) is 14.0 Å². The number of carbonyl (C=O) groups is 1. The summed E-state index contributed by atoms with van der Waals surface area (Å²) in [5.74, 6) is 1.71. The molecule has 10 heteroatoms. The van der Waals surface area contributed by atoms with Gasteiger partial charge in [-0.15, -0.1) is 0 Å². The van der Waals surface area contributed by atoms with Crippen LogP contribution in [0.3, 0.4) is 0 Å². The van der Waals surface area contributed by atoms with Gasteiger partial charge in [0.1, 0.15) is 22.2 Å². The van der Waals surface area contributed by atoms with Gasteiger partial charge in [0.15, 0.2) is 5.65 Å². The second-order valence-corrected chi connectivity index (χ2v) is 10.8. The van der Waals surface area contributed by atoms with Crippen molar-refractivity contribution in [2.75, 3.05) is 18.4 Å². The van der Waals surface area contributed by atoms with Crippen molar-refractivity contribution >= 4 is 34.1 Å². The second-order valence-electron chi connectivity index (χ2n) is 10.0. The van der Waals surface area contributed by atoms with E-state index in [9.17, 15) is 4.79 Å². The second kappa shape index (κ2) is 8.99. The standard InChI is InChI=1S/C25H30N6O3S/c1-15-9-22(35-29-15)28-21-11-20(17-7-6-8-30(13-17)24(32)34-25(3,4)5)27-23-19(12-26-31(21)23)18-10-16(2)33-14-18/h9-12,14,17,28H,6-8,13H2,1-5H3. The Bertz CT molecular complexity index is 1370. The normalized spacial score (nSPS) is 16.6. The Morgan fingerprint density at radius 2 is 2.09 bits per heavy atom. The predicted molar refractivity (Wildman–Crippen MR) is 135 cm³/mol. The van der Waals surface area contributed by atoms with Crippen LogP contribution in [0.2, 0.25) is 0 Å². The number of fused-ring (bicyclic) bond motifs is 1. The highest BCUT2D eigenvalue weighted by Crippen LogP contribution is 2.33. The van der Waals surface area contributed by atoms with Crippen LogP contribution in [0.25, 0.3) is 16.8 Å². The van der Waals surface area contributed by atoms with Gasteiger partial charge in [0.05, 0.1) is 23.8 Å². The molecule has 5 heterocycles. The van der Waals surface area contributed by atoms with Gasteiger partial charge >= 0.3 is 6.09 Å². The summed E-state index contributed by atoms with van der Waals surface area (Å²) >= 11 is 1.40. The first-order valence-corrected chi connectivity index (χ1v) is 12.6. The van der Waals surface area contributed by atoms with E-state index in [4.69, 9.17) is 14.1 Å². The lowest BCUT2D eigenvalue weighted by Crippen LogP contribution is -2.42. The van der Waals surface area contributed by atoms with Gasteiger partial charge in [0, 0.05) is 36.2 Å². The van der Waals surface area contributed by atoms with Crippen LogP contribution in [0.1, 0.15) is 56.7 Å². The highest BCUT2D eigenvalue weighted by Gasteiger charge is 2.30. The van der Waals surface area contributed by atoms with Crippen LogP contribution >= 0.6 is 11.5 Å². The first-order valence-electron chi connectivity index (χ1n) is 11.8. The van der Waals surface area contributed by atoms with Crippen molar-refractivity contribution in [1.82, 2.24) is 23.9 Å². The molecule has 0 spiro atoms. The van der Waals surface area contributed by atoms with Crippen molar-refractivity contribution in [3.05, 3.63) is 47.8 Å². The molecule has 1 N–H and O–H groups in total. The van der Waals surface area contributed by atoms with Crippen LogP contribution in [0, 0.1) is 13.8 Å². The molecular formula is C25H30N6O3S. The number of hydrogen-bond donors (Lipinski definition) is 1. The Kier molecular flexibility index (Phi) is 6.00. The van der Waals surface area contributed by atoms with E-state index in [0.717, 1.165) is 57.6 Å². The van der Waals surface area contributed by atoms with E-state index in [1.807, 2.05) is 63.5 Å². The summed E-state index contributed by atoms with van der Waals surface area (Å²) < 4.78 is 17.4. The predicted octanol–water partition coefficient (Wildman–Crippen LogP) is 5.92. The van der Waals surface area contributed by atoms with E-state index in [1.165, 1.54) is 11.5 Å². The van der Waals surface area contributed by atoms with Gasteiger partial charge in [-0.25, -0.2) is 9.78 Å². The van der Waals surface area contributed by atoms with E-state index in [1.54, 1.807) is 11.2 Å². The molecule has 184 valence electrons. The fourth-order valence-corrected chi connectivity index (χ4v) is 5.00.